The number of H-pyrrole nitrogens is 1. The van der Waals surface area contributed by atoms with Crippen molar-refractivity contribution in [3.63, 3.8) is 0 Å². The predicted octanol–water partition coefficient (Wildman–Crippen LogP) is 2.11. The van der Waals surface area contributed by atoms with Crippen LogP contribution in [0.1, 0.15) is 19.4 Å². The number of likely N-dealkylation sites (N-methyl/N-ethyl adjacent to an activating group) is 1. The first-order chi connectivity index (χ1) is 10.0. The van der Waals surface area contributed by atoms with E-state index in [4.69, 9.17) is 0 Å². The minimum atomic E-state index is -0.569. The van der Waals surface area contributed by atoms with Crippen molar-refractivity contribution in [3.8, 4) is 0 Å². The van der Waals surface area contributed by atoms with Gasteiger partial charge in [0.05, 0.1) is 0 Å². The van der Waals surface area contributed by atoms with E-state index in [1.165, 1.54) is 6.92 Å². The fourth-order valence-electron chi connectivity index (χ4n) is 2.29. The maximum atomic E-state index is 12.1. The van der Waals surface area contributed by atoms with Crippen LogP contribution in [0.25, 0.3) is 10.9 Å². The average molecular weight is 352 g/mol. The predicted molar refractivity (Wildman–Crippen MR) is 86.0 cm³/mol. The maximum Gasteiger partial charge on any atom is 0.242 e. The Morgan fingerprint density at radius 1 is 1.38 bits per heavy atom. The summed E-state index contributed by atoms with van der Waals surface area (Å²) in [6.07, 6.45) is 2.33. The van der Waals surface area contributed by atoms with Crippen LogP contribution in [0, 0.1) is 0 Å². The summed E-state index contributed by atoms with van der Waals surface area (Å²) in [5.74, 6) is -0.385. The number of carbonyl (C=O) groups is 2. The quantitative estimate of drug-likeness (QED) is 0.771. The third kappa shape index (κ3) is 3.85. The third-order valence-electron chi connectivity index (χ3n) is 3.20. The van der Waals surface area contributed by atoms with Gasteiger partial charge in [0.2, 0.25) is 11.8 Å². The highest BCUT2D eigenvalue weighted by atomic mass is 79.9. The van der Waals surface area contributed by atoms with Crippen LogP contribution in [0.2, 0.25) is 0 Å². The number of amides is 2. The Labute approximate surface area is 131 Å². The highest BCUT2D eigenvalue weighted by molar-refractivity contribution is 9.10. The highest BCUT2D eigenvalue weighted by Gasteiger charge is 2.20. The lowest BCUT2D eigenvalue weighted by Gasteiger charge is -2.16. The Balaban J connectivity index is 2.27. The van der Waals surface area contributed by atoms with Gasteiger partial charge in [0.1, 0.15) is 6.04 Å². The molecule has 0 aliphatic rings. The lowest BCUT2D eigenvalue weighted by atomic mass is 10.0. The van der Waals surface area contributed by atoms with Crippen molar-refractivity contribution in [2.75, 3.05) is 6.54 Å². The zero-order chi connectivity index (χ0) is 15.4. The lowest BCUT2D eigenvalue weighted by molar-refractivity contribution is -0.128. The van der Waals surface area contributed by atoms with E-state index in [0.29, 0.717) is 13.0 Å². The molecule has 2 rings (SSSR count). The van der Waals surface area contributed by atoms with E-state index in [1.807, 2.05) is 31.3 Å². The first-order valence-corrected chi connectivity index (χ1v) is 7.61. The summed E-state index contributed by atoms with van der Waals surface area (Å²) in [6, 6.07) is 5.37. The fourth-order valence-corrected chi connectivity index (χ4v) is 2.65. The van der Waals surface area contributed by atoms with Crippen LogP contribution in [0.5, 0.6) is 0 Å². The molecule has 112 valence electrons. The summed E-state index contributed by atoms with van der Waals surface area (Å²) in [5, 5.41) is 6.50. The molecule has 5 nitrogen and oxygen atoms in total. The van der Waals surface area contributed by atoms with Crippen LogP contribution in [-0.2, 0) is 16.0 Å². The molecule has 0 aliphatic heterocycles. The molecule has 6 heteroatoms. The smallest absolute Gasteiger partial charge is 0.242 e. The summed E-state index contributed by atoms with van der Waals surface area (Å²) < 4.78 is 0.977. The molecule has 3 N–H and O–H groups in total. The van der Waals surface area contributed by atoms with E-state index in [2.05, 4.69) is 31.5 Å². The fraction of sp³-hybridized carbons (Fsp3) is 0.333. The number of hydrogen-bond acceptors (Lipinski definition) is 2. The van der Waals surface area contributed by atoms with Crippen LogP contribution >= 0.6 is 15.9 Å². The van der Waals surface area contributed by atoms with Crippen molar-refractivity contribution in [2.45, 2.75) is 26.3 Å². The van der Waals surface area contributed by atoms with Crippen molar-refractivity contribution in [1.29, 1.82) is 0 Å². The SMILES string of the molecule is CCNC(=O)[C@H](Cc1c[nH]c2ccc(Br)cc12)NC(C)=O. The van der Waals surface area contributed by atoms with Crippen molar-refractivity contribution in [1.82, 2.24) is 15.6 Å². The van der Waals surface area contributed by atoms with Gasteiger partial charge in [-0.15, -0.1) is 0 Å². The van der Waals surface area contributed by atoms with Gasteiger partial charge in [-0.25, -0.2) is 0 Å². The van der Waals surface area contributed by atoms with Gasteiger partial charge in [0.15, 0.2) is 0 Å². The number of rotatable bonds is 5. The second kappa shape index (κ2) is 6.76. The van der Waals surface area contributed by atoms with Gasteiger partial charge in [-0.05, 0) is 30.7 Å². The molecule has 0 unspecified atom stereocenters. The second-order valence-corrected chi connectivity index (χ2v) is 5.77. The number of carbonyl (C=O) groups excluding carboxylic acids is 2. The number of aromatic amines is 1. The molecule has 2 amide bonds. The summed E-state index contributed by atoms with van der Waals surface area (Å²) >= 11 is 3.45. The zero-order valence-corrected chi connectivity index (χ0v) is 13.6. The Morgan fingerprint density at radius 3 is 2.81 bits per heavy atom. The topological polar surface area (TPSA) is 74.0 Å². The van der Waals surface area contributed by atoms with Crippen molar-refractivity contribution >= 4 is 38.6 Å². The van der Waals surface area contributed by atoms with Crippen LogP contribution in [0.3, 0.4) is 0 Å². The summed E-state index contributed by atoms with van der Waals surface area (Å²) in [7, 11) is 0. The van der Waals surface area contributed by atoms with Gasteiger partial charge in [0.25, 0.3) is 0 Å². The largest absolute Gasteiger partial charge is 0.361 e. The molecular formula is C15H18BrN3O2. The number of hydrogen-bond donors (Lipinski definition) is 3. The highest BCUT2D eigenvalue weighted by Crippen LogP contribution is 2.23. The van der Waals surface area contributed by atoms with Gasteiger partial charge < -0.3 is 15.6 Å². The van der Waals surface area contributed by atoms with Crippen LogP contribution in [0.4, 0.5) is 0 Å². The van der Waals surface area contributed by atoms with Gasteiger partial charge >= 0.3 is 0 Å². The van der Waals surface area contributed by atoms with E-state index in [9.17, 15) is 9.59 Å². The molecule has 0 saturated carbocycles. The van der Waals surface area contributed by atoms with E-state index >= 15 is 0 Å². The number of halogens is 1. The number of benzene rings is 1. The standard InChI is InChI=1S/C15H18BrN3O2/c1-3-17-15(21)14(19-9(2)20)6-10-8-18-13-5-4-11(16)7-12(10)13/h4-5,7-8,14,18H,3,6H2,1-2H3,(H,17,21)(H,19,20)/t14-/m0/s1. The maximum absolute atomic E-state index is 12.1. The molecule has 0 aliphatic carbocycles. The summed E-state index contributed by atoms with van der Waals surface area (Å²) in [4.78, 5) is 26.5. The van der Waals surface area contributed by atoms with Gasteiger partial charge in [-0.3, -0.25) is 9.59 Å². The number of aromatic nitrogens is 1. The molecule has 0 bridgehead atoms. The monoisotopic (exact) mass is 351 g/mol. The van der Waals surface area contributed by atoms with Crippen LogP contribution < -0.4 is 10.6 Å². The molecule has 1 heterocycles. The average Bonchev–Trinajstić information content (AvgIpc) is 2.80. The molecule has 1 atom stereocenters. The third-order valence-corrected chi connectivity index (χ3v) is 3.69. The molecule has 0 spiro atoms. The van der Waals surface area contributed by atoms with E-state index < -0.39 is 6.04 Å². The summed E-state index contributed by atoms with van der Waals surface area (Å²) in [5.41, 5.74) is 2.00. The van der Waals surface area contributed by atoms with Crippen molar-refractivity contribution in [2.24, 2.45) is 0 Å². The first kappa shape index (κ1) is 15.6. The van der Waals surface area contributed by atoms with Gasteiger partial charge in [-0.1, -0.05) is 15.9 Å². The minimum Gasteiger partial charge on any atom is -0.361 e. The first-order valence-electron chi connectivity index (χ1n) is 6.81. The Hall–Kier alpha value is -1.82. The van der Waals surface area contributed by atoms with Gasteiger partial charge in [0, 0.05) is 41.5 Å². The Morgan fingerprint density at radius 2 is 2.14 bits per heavy atom. The number of fused-ring (bicyclic) bond motifs is 1. The molecule has 21 heavy (non-hydrogen) atoms. The van der Waals surface area contributed by atoms with E-state index in [0.717, 1.165) is 20.9 Å². The van der Waals surface area contributed by atoms with Gasteiger partial charge in [-0.2, -0.15) is 0 Å². The zero-order valence-electron chi connectivity index (χ0n) is 12.0. The van der Waals surface area contributed by atoms with Crippen LogP contribution in [-0.4, -0.2) is 29.4 Å². The molecule has 0 fully saturated rings. The second-order valence-electron chi connectivity index (χ2n) is 4.86. The van der Waals surface area contributed by atoms with Crippen molar-refractivity contribution in [3.05, 3.63) is 34.4 Å². The lowest BCUT2D eigenvalue weighted by Crippen LogP contribution is -2.47. The molecular weight excluding hydrogens is 334 g/mol. The van der Waals surface area contributed by atoms with E-state index in [1.54, 1.807) is 0 Å². The molecule has 1 aromatic carbocycles. The minimum absolute atomic E-state index is 0.169. The normalized spacial score (nSPS) is 12.1. The Kier molecular flexibility index (Phi) is 5.01. The Bertz CT molecular complexity index is 666. The van der Waals surface area contributed by atoms with Crippen molar-refractivity contribution < 1.29 is 9.59 Å². The molecule has 2 aromatic rings. The summed E-state index contributed by atoms with van der Waals surface area (Å²) in [6.45, 7) is 3.80. The molecule has 0 radical (unpaired) electrons. The van der Waals surface area contributed by atoms with Crippen LogP contribution in [0.15, 0.2) is 28.9 Å². The molecule has 1 aromatic heterocycles. The molecule has 0 saturated heterocycles. The number of nitrogens with one attached hydrogen (secondary N) is 3. The van der Waals surface area contributed by atoms with E-state index in [-0.39, 0.29) is 11.8 Å².